The van der Waals surface area contributed by atoms with Crippen molar-refractivity contribution in [2.75, 3.05) is 12.4 Å². The van der Waals surface area contributed by atoms with Crippen molar-refractivity contribution < 1.29 is 9.53 Å². The van der Waals surface area contributed by atoms with Gasteiger partial charge in [0, 0.05) is 17.1 Å². The zero-order valence-electron chi connectivity index (χ0n) is 14.1. The van der Waals surface area contributed by atoms with Crippen LogP contribution in [0.5, 0.6) is 5.75 Å². The maximum absolute atomic E-state index is 12.9. The molecule has 1 amide bonds. The third-order valence-corrected chi connectivity index (χ3v) is 5.07. The Morgan fingerprint density at radius 1 is 1.04 bits per heavy atom. The van der Waals surface area contributed by atoms with E-state index in [1.165, 1.54) is 11.3 Å². The lowest BCUT2D eigenvalue weighted by atomic mass is 10.1. The fourth-order valence-electron chi connectivity index (χ4n) is 2.87. The number of hydrogen-bond acceptors (Lipinski definition) is 4. The van der Waals surface area contributed by atoms with Crippen LogP contribution in [-0.2, 0) is 0 Å². The smallest absolute Gasteiger partial charge is 0.266 e. The van der Waals surface area contributed by atoms with Crippen LogP contribution in [0.4, 0.5) is 5.69 Å². The average molecular weight is 360 g/mol. The Labute approximate surface area is 155 Å². The molecule has 0 aliphatic rings. The lowest BCUT2D eigenvalue weighted by Gasteiger charge is -2.09. The second-order valence-electron chi connectivity index (χ2n) is 5.73. The molecule has 0 spiro atoms. The van der Waals surface area contributed by atoms with Gasteiger partial charge in [-0.3, -0.25) is 9.78 Å². The molecule has 0 aliphatic heterocycles. The van der Waals surface area contributed by atoms with Gasteiger partial charge in [0.15, 0.2) is 0 Å². The summed E-state index contributed by atoms with van der Waals surface area (Å²) in [6.07, 6.45) is 1.73. The van der Waals surface area contributed by atoms with Gasteiger partial charge < -0.3 is 10.1 Å². The minimum Gasteiger partial charge on any atom is -0.497 e. The second kappa shape index (κ2) is 6.98. The van der Waals surface area contributed by atoms with Gasteiger partial charge in [0.2, 0.25) is 0 Å². The Hall–Kier alpha value is -3.18. The molecule has 0 radical (unpaired) electrons. The van der Waals surface area contributed by atoms with E-state index in [0.29, 0.717) is 10.6 Å². The van der Waals surface area contributed by atoms with Gasteiger partial charge in [0.1, 0.15) is 5.75 Å². The number of anilines is 1. The maximum Gasteiger partial charge on any atom is 0.266 e. The van der Waals surface area contributed by atoms with Crippen LogP contribution in [0.1, 0.15) is 9.67 Å². The van der Waals surface area contributed by atoms with Crippen LogP contribution in [0.2, 0.25) is 0 Å². The Morgan fingerprint density at radius 2 is 1.85 bits per heavy atom. The fraction of sp³-hybridized carbons (Fsp3) is 0.0476. The predicted molar refractivity (Wildman–Crippen MR) is 106 cm³/mol. The molecule has 128 valence electrons. The molecule has 26 heavy (non-hydrogen) atoms. The molecule has 0 atom stereocenters. The Bertz CT molecular complexity index is 1070. The molecule has 0 bridgehead atoms. The number of hydrogen-bond donors (Lipinski definition) is 1. The van der Waals surface area contributed by atoms with Crippen molar-refractivity contribution in [3.8, 4) is 16.9 Å². The van der Waals surface area contributed by atoms with E-state index in [-0.39, 0.29) is 5.91 Å². The number of amides is 1. The molecule has 0 saturated carbocycles. The number of pyridine rings is 1. The zero-order valence-corrected chi connectivity index (χ0v) is 14.9. The van der Waals surface area contributed by atoms with Crippen molar-refractivity contribution in [2.45, 2.75) is 0 Å². The summed E-state index contributed by atoms with van der Waals surface area (Å²) >= 11 is 1.42. The molecule has 4 nitrogen and oxygen atoms in total. The van der Waals surface area contributed by atoms with Gasteiger partial charge in [-0.25, -0.2) is 0 Å². The van der Waals surface area contributed by atoms with E-state index in [4.69, 9.17) is 4.74 Å². The number of ether oxygens (including phenoxy) is 1. The summed E-state index contributed by atoms with van der Waals surface area (Å²) in [5.41, 5.74) is 3.38. The monoisotopic (exact) mass is 360 g/mol. The number of methoxy groups -OCH3 is 1. The van der Waals surface area contributed by atoms with Crippen molar-refractivity contribution >= 4 is 33.8 Å². The quantitative estimate of drug-likeness (QED) is 0.542. The molecule has 2 aromatic heterocycles. The molecule has 4 rings (SSSR count). The summed E-state index contributed by atoms with van der Waals surface area (Å²) in [6.45, 7) is 0. The lowest BCUT2D eigenvalue weighted by Crippen LogP contribution is -2.11. The number of carbonyl (C=O) groups is 1. The minimum absolute atomic E-state index is 0.135. The number of rotatable bonds is 4. The number of aromatic nitrogens is 1. The van der Waals surface area contributed by atoms with E-state index >= 15 is 0 Å². The first-order valence-corrected chi connectivity index (χ1v) is 9.01. The summed E-state index contributed by atoms with van der Waals surface area (Å²) in [5.74, 6) is 0.654. The molecule has 0 saturated heterocycles. The molecule has 0 fully saturated rings. The fourth-order valence-corrected chi connectivity index (χ4v) is 3.68. The van der Waals surface area contributed by atoms with Gasteiger partial charge in [-0.15, -0.1) is 11.3 Å². The van der Waals surface area contributed by atoms with Gasteiger partial charge in [0.05, 0.1) is 23.2 Å². The van der Waals surface area contributed by atoms with Crippen molar-refractivity contribution in [2.24, 2.45) is 0 Å². The van der Waals surface area contributed by atoms with E-state index in [2.05, 4.69) is 10.3 Å². The number of thiophene rings is 1. The highest BCUT2D eigenvalue weighted by molar-refractivity contribution is 7.12. The van der Waals surface area contributed by atoms with Crippen molar-refractivity contribution in [3.63, 3.8) is 0 Å². The van der Waals surface area contributed by atoms with Gasteiger partial charge in [0.25, 0.3) is 5.91 Å². The molecule has 4 aromatic rings. The average Bonchev–Trinajstić information content (AvgIpc) is 3.18. The summed E-state index contributed by atoms with van der Waals surface area (Å²) in [7, 11) is 1.64. The first kappa shape index (κ1) is 16.3. The Morgan fingerprint density at radius 3 is 2.65 bits per heavy atom. The van der Waals surface area contributed by atoms with Crippen molar-refractivity contribution in [1.29, 1.82) is 0 Å². The summed E-state index contributed by atoms with van der Waals surface area (Å²) in [5, 5.41) is 5.92. The predicted octanol–water partition coefficient (Wildman–Crippen LogP) is 5.22. The highest BCUT2D eigenvalue weighted by Gasteiger charge is 2.16. The second-order valence-corrected chi connectivity index (χ2v) is 6.64. The van der Waals surface area contributed by atoms with Gasteiger partial charge in [-0.1, -0.05) is 30.3 Å². The highest BCUT2D eigenvalue weighted by atomic mass is 32.1. The Balaban J connectivity index is 1.66. The normalized spacial score (nSPS) is 10.7. The highest BCUT2D eigenvalue weighted by Crippen LogP contribution is 2.31. The summed E-state index contributed by atoms with van der Waals surface area (Å²) in [4.78, 5) is 17.9. The minimum atomic E-state index is -0.135. The van der Waals surface area contributed by atoms with Crippen molar-refractivity contribution in [3.05, 3.63) is 77.1 Å². The van der Waals surface area contributed by atoms with E-state index in [1.54, 1.807) is 13.3 Å². The maximum atomic E-state index is 12.9. The first-order chi connectivity index (χ1) is 12.8. The van der Waals surface area contributed by atoms with Gasteiger partial charge in [-0.05, 0) is 41.3 Å². The van der Waals surface area contributed by atoms with Gasteiger partial charge >= 0.3 is 0 Å². The zero-order chi connectivity index (χ0) is 17.9. The molecule has 2 heterocycles. The molecule has 5 heteroatoms. The van der Waals surface area contributed by atoms with E-state index in [1.807, 2.05) is 66.0 Å². The number of nitrogens with zero attached hydrogens (tertiary/aromatic N) is 1. The molecular formula is C21H16N2O2S. The topological polar surface area (TPSA) is 51.2 Å². The number of para-hydroxylation sites is 1. The molecule has 0 aliphatic carbocycles. The largest absolute Gasteiger partial charge is 0.497 e. The van der Waals surface area contributed by atoms with Crippen molar-refractivity contribution in [1.82, 2.24) is 4.98 Å². The summed E-state index contributed by atoms with van der Waals surface area (Å²) < 4.78 is 5.20. The third kappa shape index (κ3) is 3.05. The molecule has 1 N–H and O–H groups in total. The van der Waals surface area contributed by atoms with E-state index in [9.17, 15) is 4.79 Å². The van der Waals surface area contributed by atoms with Gasteiger partial charge in [-0.2, -0.15) is 0 Å². The Kier molecular flexibility index (Phi) is 4.37. The van der Waals surface area contributed by atoms with Crippen LogP contribution in [-0.4, -0.2) is 18.0 Å². The third-order valence-electron chi connectivity index (χ3n) is 4.15. The van der Waals surface area contributed by atoms with Crippen LogP contribution in [0.3, 0.4) is 0 Å². The molecular weight excluding hydrogens is 344 g/mol. The molecule has 0 unspecified atom stereocenters. The number of benzene rings is 2. The van der Waals surface area contributed by atoms with E-state index < -0.39 is 0 Å². The van der Waals surface area contributed by atoms with Crippen LogP contribution < -0.4 is 10.1 Å². The van der Waals surface area contributed by atoms with Crippen LogP contribution in [0.25, 0.3) is 22.0 Å². The van der Waals surface area contributed by atoms with Crippen LogP contribution in [0.15, 0.2) is 72.2 Å². The van der Waals surface area contributed by atoms with E-state index in [0.717, 1.165) is 27.8 Å². The number of carbonyl (C=O) groups excluding carboxylic acids is 1. The number of nitrogens with one attached hydrogen (secondary N) is 1. The first-order valence-electron chi connectivity index (χ1n) is 8.13. The van der Waals surface area contributed by atoms with Crippen LogP contribution >= 0.6 is 11.3 Å². The number of fused-ring (bicyclic) bond motifs is 1. The van der Waals surface area contributed by atoms with Crippen LogP contribution in [0, 0.1) is 0 Å². The summed E-state index contributed by atoms with van der Waals surface area (Å²) in [6, 6.07) is 19.3. The molecule has 2 aromatic carbocycles. The standard InChI is InChI=1S/C21H16N2O2S/c1-25-16-9-7-14(8-10-16)17-11-13-26-20(17)21(24)23-18-6-2-4-15-5-3-12-22-19(15)18/h2-13H,1H3,(H,23,24). The SMILES string of the molecule is COc1ccc(-c2ccsc2C(=O)Nc2cccc3cccnc23)cc1. The lowest BCUT2D eigenvalue weighted by molar-refractivity contribution is 0.103.